The highest BCUT2D eigenvalue weighted by Gasteiger charge is 2.28. The Kier molecular flexibility index (Phi) is 57.5. The van der Waals surface area contributed by atoms with E-state index in [-0.39, 0.29) is 25.9 Å². The maximum atomic E-state index is 12.9. The van der Waals surface area contributed by atoms with Crippen LogP contribution >= 0.6 is 7.82 Å². The SMILES string of the molecule is CCCCCCCC/C=C\CCCCCCCCCC(=O)OC(COC(=O)CCCCCCCCCCCCCCCCCCC)COP(=O)(O)OCC(CO)OC(=O)CCCCCCC/C=C\CCCCCCCC. The van der Waals surface area contributed by atoms with E-state index in [9.17, 15) is 28.9 Å². The van der Waals surface area contributed by atoms with Crippen molar-refractivity contribution >= 4 is 25.7 Å². The largest absolute Gasteiger partial charge is 0.472 e. The average Bonchev–Trinajstić information content (AvgIpc) is 3.41. The predicted octanol–water partition coefficient (Wildman–Crippen LogP) is 19.4. The van der Waals surface area contributed by atoms with Gasteiger partial charge in [-0.3, -0.25) is 23.4 Å². The molecular weight excluding hydrogens is 976 g/mol. The van der Waals surface area contributed by atoms with E-state index in [2.05, 4.69) is 45.1 Å². The van der Waals surface area contributed by atoms with Gasteiger partial charge in [-0.2, -0.15) is 0 Å². The number of carbonyl (C=O) groups is 3. The number of allylic oxidation sites excluding steroid dienone is 4. The standard InChI is InChI=1S/C64H121O11P/c1-4-7-10-13-16-19-22-25-28-30-33-35-38-41-44-47-50-53-62(66)71-57-61(75-64(68)55-52-49-46-43-40-37-34-31-29-26-23-20-17-14-11-8-5-2)59-73-76(69,70)72-58-60(56-65)74-63(67)54-51-48-45-42-39-36-32-27-24-21-18-15-12-9-6-3/h26-27,29,32,60-61,65H,4-25,28,30-31,33-59H2,1-3H3,(H,69,70)/b29-26-,32-27-. The van der Waals surface area contributed by atoms with Gasteiger partial charge in [-0.15, -0.1) is 0 Å². The summed E-state index contributed by atoms with van der Waals surface area (Å²) in [4.78, 5) is 48.7. The van der Waals surface area contributed by atoms with Crippen LogP contribution in [-0.2, 0) is 42.2 Å². The fourth-order valence-electron chi connectivity index (χ4n) is 9.41. The molecule has 0 aromatic carbocycles. The van der Waals surface area contributed by atoms with Gasteiger partial charge in [0.15, 0.2) is 6.10 Å². The summed E-state index contributed by atoms with van der Waals surface area (Å²) < 4.78 is 39.7. The Morgan fingerprint density at radius 3 is 0.908 bits per heavy atom. The summed E-state index contributed by atoms with van der Waals surface area (Å²) in [5.41, 5.74) is 0. The summed E-state index contributed by atoms with van der Waals surface area (Å²) >= 11 is 0. The number of esters is 3. The maximum Gasteiger partial charge on any atom is 0.472 e. The summed E-state index contributed by atoms with van der Waals surface area (Å²) in [5.74, 6) is -1.45. The summed E-state index contributed by atoms with van der Waals surface area (Å²) in [6.45, 7) is 4.70. The van der Waals surface area contributed by atoms with Crippen molar-refractivity contribution in [3.63, 3.8) is 0 Å². The third-order valence-electron chi connectivity index (χ3n) is 14.3. The third kappa shape index (κ3) is 56.7. The number of unbranched alkanes of at least 4 members (excludes halogenated alkanes) is 40. The van der Waals surface area contributed by atoms with E-state index in [4.69, 9.17) is 23.3 Å². The molecule has 0 heterocycles. The van der Waals surface area contributed by atoms with Gasteiger partial charge in [0.05, 0.1) is 19.8 Å². The van der Waals surface area contributed by atoms with Crippen molar-refractivity contribution in [3.05, 3.63) is 24.3 Å². The van der Waals surface area contributed by atoms with Gasteiger partial charge >= 0.3 is 25.7 Å². The van der Waals surface area contributed by atoms with Gasteiger partial charge in [-0.25, -0.2) is 4.57 Å². The average molecular weight is 1100 g/mol. The predicted molar refractivity (Wildman–Crippen MR) is 316 cm³/mol. The first-order valence-electron chi connectivity index (χ1n) is 32.2. The molecule has 3 atom stereocenters. The number of rotatable bonds is 61. The summed E-state index contributed by atoms with van der Waals surface area (Å²) in [6, 6.07) is 0. The van der Waals surface area contributed by atoms with E-state index in [0.717, 1.165) is 83.5 Å². The van der Waals surface area contributed by atoms with Crippen molar-refractivity contribution in [2.24, 2.45) is 0 Å². The number of aliphatic hydroxyl groups excluding tert-OH is 1. The smallest absolute Gasteiger partial charge is 0.462 e. The van der Waals surface area contributed by atoms with Crippen molar-refractivity contribution in [3.8, 4) is 0 Å². The number of carbonyl (C=O) groups excluding carboxylic acids is 3. The van der Waals surface area contributed by atoms with Crippen LogP contribution in [0.3, 0.4) is 0 Å². The van der Waals surface area contributed by atoms with E-state index < -0.39 is 57.8 Å². The zero-order chi connectivity index (χ0) is 55.5. The van der Waals surface area contributed by atoms with Crippen molar-refractivity contribution < 1.29 is 52.2 Å². The molecule has 0 amide bonds. The lowest BCUT2D eigenvalue weighted by molar-refractivity contribution is -0.161. The molecule has 0 spiro atoms. The van der Waals surface area contributed by atoms with Crippen LogP contribution in [-0.4, -0.2) is 66.5 Å². The highest BCUT2D eigenvalue weighted by molar-refractivity contribution is 7.47. The summed E-state index contributed by atoms with van der Waals surface area (Å²) in [7, 11) is -4.75. The van der Waals surface area contributed by atoms with E-state index in [1.165, 1.54) is 186 Å². The highest BCUT2D eigenvalue weighted by atomic mass is 31.2. The molecule has 0 rings (SSSR count). The molecule has 0 saturated heterocycles. The lowest BCUT2D eigenvalue weighted by Crippen LogP contribution is -2.30. The molecule has 76 heavy (non-hydrogen) atoms. The van der Waals surface area contributed by atoms with Gasteiger partial charge in [0.1, 0.15) is 12.7 Å². The Bertz CT molecular complexity index is 1370. The Morgan fingerprint density at radius 2 is 0.605 bits per heavy atom. The van der Waals surface area contributed by atoms with Gasteiger partial charge in [-0.05, 0) is 70.6 Å². The van der Waals surface area contributed by atoms with Crippen LogP contribution in [0.25, 0.3) is 0 Å². The first-order chi connectivity index (χ1) is 37.2. The molecule has 0 fully saturated rings. The number of hydrogen-bond donors (Lipinski definition) is 2. The lowest BCUT2D eigenvalue weighted by atomic mass is 10.0. The van der Waals surface area contributed by atoms with Gasteiger partial charge in [-0.1, -0.05) is 263 Å². The van der Waals surface area contributed by atoms with Crippen molar-refractivity contribution in [2.45, 2.75) is 341 Å². The molecule has 0 radical (unpaired) electrons. The highest BCUT2D eigenvalue weighted by Crippen LogP contribution is 2.43. The molecule has 2 N–H and O–H groups in total. The fraction of sp³-hybridized carbons (Fsp3) is 0.891. The van der Waals surface area contributed by atoms with Crippen LogP contribution in [0.15, 0.2) is 24.3 Å². The van der Waals surface area contributed by atoms with Crippen LogP contribution in [0.1, 0.15) is 329 Å². The number of ether oxygens (including phenoxy) is 3. The van der Waals surface area contributed by atoms with Crippen LogP contribution in [0.4, 0.5) is 0 Å². The molecule has 12 heteroatoms. The Morgan fingerprint density at radius 1 is 0.355 bits per heavy atom. The molecule has 0 aromatic rings. The second-order valence-corrected chi connectivity index (χ2v) is 23.4. The molecule has 0 aliphatic heterocycles. The van der Waals surface area contributed by atoms with Crippen molar-refractivity contribution in [2.75, 3.05) is 26.4 Å². The Balaban J connectivity index is 4.67. The van der Waals surface area contributed by atoms with Crippen LogP contribution in [0.5, 0.6) is 0 Å². The second-order valence-electron chi connectivity index (χ2n) is 21.9. The van der Waals surface area contributed by atoms with E-state index in [1.54, 1.807) is 0 Å². The number of aliphatic hydroxyl groups is 1. The normalized spacial score (nSPS) is 13.4. The van der Waals surface area contributed by atoms with Gasteiger partial charge < -0.3 is 24.2 Å². The zero-order valence-corrected chi connectivity index (χ0v) is 50.6. The first-order valence-corrected chi connectivity index (χ1v) is 33.7. The molecular formula is C64H121O11P. The topological polar surface area (TPSA) is 155 Å². The zero-order valence-electron chi connectivity index (χ0n) is 49.7. The van der Waals surface area contributed by atoms with Gasteiger partial charge in [0.25, 0.3) is 0 Å². The van der Waals surface area contributed by atoms with Gasteiger partial charge in [0.2, 0.25) is 0 Å². The Labute approximate surface area is 468 Å². The first kappa shape index (κ1) is 74.0. The van der Waals surface area contributed by atoms with E-state index >= 15 is 0 Å². The van der Waals surface area contributed by atoms with Crippen LogP contribution in [0.2, 0.25) is 0 Å². The fourth-order valence-corrected chi connectivity index (χ4v) is 10.2. The molecule has 0 aromatic heterocycles. The number of phosphoric ester groups is 1. The number of phosphoric acid groups is 1. The molecule has 0 aliphatic rings. The van der Waals surface area contributed by atoms with Crippen LogP contribution in [0, 0.1) is 0 Å². The third-order valence-corrected chi connectivity index (χ3v) is 15.3. The quantitative estimate of drug-likeness (QED) is 0.0197. The van der Waals surface area contributed by atoms with Crippen molar-refractivity contribution in [1.29, 1.82) is 0 Å². The summed E-state index contributed by atoms with van der Waals surface area (Å²) in [6.07, 6.45) is 61.2. The molecule has 0 aliphatic carbocycles. The minimum atomic E-state index is -4.75. The summed E-state index contributed by atoms with van der Waals surface area (Å²) in [5, 5.41) is 9.84. The molecule has 11 nitrogen and oxygen atoms in total. The monoisotopic (exact) mass is 1100 g/mol. The molecule has 3 unspecified atom stereocenters. The maximum absolute atomic E-state index is 12.9. The Hall–Kier alpha value is -2.04. The van der Waals surface area contributed by atoms with Gasteiger partial charge in [0, 0.05) is 19.3 Å². The molecule has 0 saturated carbocycles. The van der Waals surface area contributed by atoms with E-state index in [0.29, 0.717) is 19.3 Å². The number of hydrogen-bond acceptors (Lipinski definition) is 10. The second kappa shape index (κ2) is 59.1. The minimum Gasteiger partial charge on any atom is -0.462 e. The minimum absolute atomic E-state index is 0.168. The van der Waals surface area contributed by atoms with Crippen molar-refractivity contribution in [1.82, 2.24) is 0 Å². The molecule has 448 valence electrons. The van der Waals surface area contributed by atoms with E-state index in [1.807, 2.05) is 0 Å². The molecule has 0 bridgehead atoms. The van der Waals surface area contributed by atoms with Crippen LogP contribution < -0.4 is 0 Å². The lowest BCUT2D eigenvalue weighted by Gasteiger charge is -2.21.